The number of anilines is 1. The van der Waals surface area contributed by atoms with Crippen molar-refractivity contribution in [1.29, 1.82) is 0 Å². The fourth-order valence-corrected chi connectivity index (χ4v) is 4.65. The Balaban J connectivity index is 1.49. The van der Waals surface area contributed by atoms with Gasteiger partial charge in [-0.25, -0.2) is 0 Å². The fraction of sp³-hybridized carbons (Fsp3) is 0.125. The van der Waals surface area contributed by atoms with Crippen molar-refractivity contribution in [3.63, 3.8) is 0 Å². The van der Waals surface area contributed by atoms with E-state index in [2.05, 4.69) is 5.32 Å². The molecule has 0 radical (unpaired) electrons. The van der Waals surface area contributed by atoms with Crippen molar-refractivity contribution in [3.8, 4) is 11.5 Å². The summed E-state index contributed by atoms with van der Waals surface area (Å²) in [5.74, 6) is 0.543. The van der Waals surface area contributed by atoms with Gasteiger partial charge >= 0.3 is 0 Å². The lowest BCUT2D eigenvalue weighted by Gasteiger charge is -2.15. The number of benzene rings is 3. The number of rotatable bonds is 6. The van der Waals surface area contributed by atoms with Gasteiger partial charge < -0.3 is 14.8 Å². The number of carbonyl (C=O) groups is 2. The minimum Gasteiger partial charge on any atom is -0.493 e. The molecule has 0 spiro atoms. The van der Waals surface area contributed by atoms with Gasteiger partial charge in [-0.2, -0.15) is 0 Å². The lowest BCUT2D eigenvalue weighted by molar-refractivity contribution is -0.126. The third-order valence-corrected chi connectivity index (χ3v) is 6.32. The molecule has 0 unspecified atom stereocenters. The van der Waals surface area contributed by atoms with Gasteiger partial charge in [0.25, 0.3) is 5.91 Å². The molecule has 6 nitrogen and oxygen atoms in total. The van der Waals surface area contributed by atoms with Crippen molar-refractivity contribution in [2.75, 3.05) is 26.1 Å². The largest absolute Gasteiger partial charge is 0.493 e. The first-order chi connectivity index (χ1) is 15.5. The van der Waals surface area contributed by atoms with E-state index in [0.29, 0.717) is 26.4 Å². The van der Waals surface area contributed by atoms with E-state index in [9.17, 15) is 9.59 Å². The highest BCUT2D eigenvalue weighted by Gasteiger charge is 2.33. The standard InChI is InChI=1S/C24H20N2O4S2/c1-29-19-11-10-15(12-20(19)30-2)13-21-23(28)26(24(31)32-21)14-22(27)25-18-9-5-7-16-6-3-4-8-17(16)18/h3-13H,14H2,1-2H3,(H,25,27). The van der Waals surface area contributed by atoms with Crippen LogP contribution in [-0.2, 0) is 9.59 Å². The van der Waals surface area contributed by atoms with E-state index in [0.717, 1.165) is 16.3 Å². The maximum Gasteiger partial charge on any atom is 0.266 e. The first-order valence-electron chi connectivity index (χ1n) is 9.75. The van der Waals surface area contributed by atoms with E-state index in [4.69, 9.17) is 21.7 Å². The zero-order valence-electron chi connectivity index (χ0n) is 17.5. The maximum absolute atomic E-state index is 12.9. The molecule has 32 heavy (non-hydrogen) atoms. The first-order valence-corrected chi connectivity index (χ1v) is 11.0. The summed E-state index contributed by atoms with van der Waals surface area (Å²) in [6.07, 6.45) is 1.73. The van der Waals surface area contributed by atoms with Crippen LogP contribution >= 0.6 is 24.0 Å². The van der Waals surface area contributed by atoms with Gasteiger partial charge in [0.05, 0.1) is 19.1 Å². The maximum atomic E-state index is 12.9. The van der Waals surface area contributed by atoms with Gasteiger partial charge in [0.2, 0.25) is 5.91 Å². The lowest BCUT2D eigenvalue weighted by Crippen LogP contribution is -2.36. The van der Waals surface area contributed by atoms with Crippen LogP contribution in [0.5, 0.6) is 11.5 Å². The van der Waals surface area contributed by atoms with Gasteiger partial charge in [-0.1, -0.05) is 66.4 Å². The van der Waals surface area contributed by atoms with E-state index < -0.39 is 0 Å². The molecule has 162 valence electrons. The molecule has 0 atom stereocenters. The Bertz CT molecular complexity index is 1250. The Kier molecular flexibility index (Phi) is 6.43. The van der Waals surface area contributed by atoms with Gasteiger partial charge in [-0.15, -0.1) is 0 Å². The van der Waals surface area contributed by atoms with Crippen LogP contribution in [0.15, 0.2) is 65.6 Å². The van der Waals surface area contributed by atoms with Crippen LogP contribution in [0, 0.1) is 0 Å². The summed E-state index contributed by atoms with van der Waals surface area (Å²) in [4.78, 5) is 27.4. The Morgan fingerprint density at radius 1 is 1.06 bits per heavy atom. The van der Waals surface area contributed by atoms with Crippen LogP contribution < -0.4 is 14.8 Å². The third kappa shape index (κ3) is 4.46. The second-order valence-electron chi connectivity index (χ2n) is 6.96. The molecule has 1 heterocycles. The molecule has 2 amide bonds. The van der Waals surface area contributed by atoms with Crippen LogP contribution in [0.3, 0.4) is 0 Å². The Morgan fingerprint density at radius 2 is 1.81 bits per heavy atom. The number of hydrogen-bond donors (Lipinski definition) is 1. The molecule has 0 saturated carbocycles. The SMILES string of the molecule is COc1ccc(C=C2SC(=S)N(CC(=O)Nc3cccc4ccccc34)C2=O)cc1OC. The van der Waals surface area contributed by atoms with E-state index in [1.807, 2.05) is 48.5 Å². The normalized spacial score (nSPS) is 14.8. The molecular weight excluding hydrogens is 444 g/mol. The zero-order valence-corrected chi connectivity index (χ0v) is 19.1. The van der Waals surface area contributed by atoms with Crippen molar-refractivity contribution < 1.29 is 19.1 Å². The molecule has 3 aromatic carbocycles. The van der Waals surface area contributed by atoms with Crippen LogP contribution in [0.2, 0.25) is 0 Å². The topological polar surface area (TPSA) is 67.9 Å². The number of methoxy groups -OCH3 is 2. The summed E-state index contributed by atoms with van der Waals surface area (Å²) in [5.41, 5.74) is 1.46. The molecule has 4 rings (SSSR count). The predicted octanol–water partition coefficient (Wildman–Crippen LogP) is 4.70. The molecule has 1 aliphatic heterocycles. The molecule has 1 N–H and O–H groups in total. The number of nitrogens with zero attached hydrogens (tertiary/aromatic N) is 1. The van der Waals surface area contributed by atoms with Gasteiger partial charge in [-0.05, 0) is 35.2 Å². The van der Waals surface area contributed by atoms with Crippen molar-refractivity contribution in [2.45, 2.75) is 0 Å². The fourth-order valence-electron chi connectivity index (χ4n) is 3.40. The van der Waals surface area contributed by atoms with Crippen molar-refractivity contribution in [3.05, 3.63) is 71.1 Å². The summed E-state index contributed by atoms with van der Waals surface area (Å²) >= 11 is 6.53. The monoisotopic (exact) mass is 464 g/mol. The van der Waals surface area contributed by atoms with E-state index in [1.54, 1.807) is 32.4 Å². The van der Waals surface area contributed by atoms with Crippen LogP contribution in [0.4, 0.5) is 5.69 Å². The number of fused-ring (bicyclic) bond motifs is 1. The quantitative estimate of drug-likeness (QED) is 0.421. The van der Waals surface area contributed by atoms with E-state index >= 15 is 0 Å². The van der Waals surface area contributed by atoms with Gasteiger partial charge in [-0.3, -0.25) is 14.5 Å². The smallest absolute Gasteiger partial charge is 0.266 e. The molecular formula is C24H20N2O4S2. The average molecular weight is 465 g/mol. The zero-order chi connectivity index (χ0) is 22.7. The number of amides is 2. The minimum absolute atomic E-state index is 0.156. The second-order valence-corrected chi connectivity index (χ2v) is 8.63. The number of hydrogen-bond acceptors (Lipinski definition) is 6. The second kappa shape index (κ2) is 9.42. The van der Waals surface area contributed by atoms with E-state index in [1.165, 1.54) is 16.7 Å². The Labute approximate surface area is 195 Å². The Morgan fingerprint density at radius 3 is 2.59 bits per heavy atom. The summed E-state index contributed by atoms with van der Waals surface area (Å²) in [6, 6.07) is 18.8. The highest BCUT2D eigenvalue weighted by Crippen LogP contribution is 2.34. The molecule has 0 bridgehead atoms. The van der Waals surface area contributed by atoms with Gasteiger partial charge in [0, 0.05) is 11.1 Å². The van der Waals surface area contributed by atoms with E-state index in [-0.39, 0.29) is 18.4 Å². The molecule has 1 aliphatic rings. The summed E-state index contributed by atoms with van der Waals surface area (Å²) in [7, 11) is 3.11. The number of nitrogens with one attached hydrogen (secondary N) is 1. The predicted molar refractivity (Wildman–Crippen MR) is 132 cm³/mol. The average Bonchev–Trinajstić information content (AvgIpc) is 3.06. The van der Waals surface area contributed by atoms with Crippen LogP contribution in [0.25, 0.3) is 16.8 Å². The highest BCUT2D eigenvalue weighted by atomic mass is 32.2. The molecule has 0 aromatic heterocycles. The number of thiocarbonyl (C=S) groups is 1. The van der Waals surface area contributed by atoms with Gasteiger partial charge in [0.15, 0.2) is 11.5 Å². The van der Waals surface area contributed by atoms with Crippen molar-refractivity contribution in [1.82, 2.24) is 4.90 Å². The minimum atomic E-state index is -0.315. The van der Waals surface area contributed by atoms with Crippen molar-refractivity contribution >= 4 is 62.7 Å². The number of thioether (sulfide) groups is 1. The number of carbonyl (C=O) groups excluding carboxylic acids is 2. The van der Waals surface area contributed by atoms with Crippen LogP contribution in [0.1, 0.15) is 5.56 Å². The summed E-state index contributed by atoms with van der Waals surface area (Å²) < 4.78 is 10.9. The van der Waals surface area contributed by atoms with Gasteiger partial charge in [0.1, 0.15) is 10.9 Å². The molecule has 0 aliphatic carbocycles. The third-order valence-electron chi connectivity index (χ3n) is 4.94. The summed E-state index contributed by atoms with van der Waals surface area (Å²) in [6.45, 7) is -0.156. The summed E-state index contributed by atoms with van der Waals surface area (Å²) in [5, 5.41) is 4.85. The molecule has 1 saturated heterocycles. The molecule has 3 aromatic rings. The number of ether oxygens (including phenoxy) is 2. The van der Waals surface area contributed by atoms with Crippen LogP contribution in [-0.4, -0.2) is 41.8 Å². The van der Waals surface area contributed by atoms with Crippen molar-refractivity contribution in [2.24, 2.45) is 0 Å². The Hall–Kier alpha value is -3.36. The molecule has 1 fully saturated rings. The highest BCUT2D eigenvalue weighted by molar-refractivity contribution is 8.26. The molecule has 8 heteroatoms. The lowest BCUT2D eigenvalue weighted by atomic mass is 10.1. The first kappa shape index (κ1) is 21.9.